The molecule has 0 fully saturated rings. The van der Waals surface area contributed by atoms with Crippen LogP contribution in [-0.4, -0.2) is 26.8 Å². The van der Waals surface area contributed by atoms with Crippen molar-refractivity contribution >= 4 is 44.9 Å². The summed E-state index contributed by atoms with van der Waals surface area (Å²) in [6, 6.07) is 16.4. The van der Waals surface area contributed by atoms with Gasteiger partial charge in [0.15, 0.2) is 5.16 Å². The summed E-state index contributed by atoms with van der Waals surface area (Å²) < 4.78 is 12.9. The number of fused-ring (bicyclic) bond motifs is 1. The standard InChI is InChI=1S/C22H15ClN4O3S2/c1-29-16-7-3-6-15(11-16)27-21(28)19-17(8-9-31-19)24-22(27)32-12-18-25-20(26-30-18)13-4-2-5-14(23)10-13/h2-11H,12H2,1H3. The highest BCUT2D eigenvalue weighted by Gasteiger charge is 2.17. The summed E-state index contributed by atoms with van der Waals surface area (Å²) in [5, 5.41) is 7.02. The number of methoxy groups -OCH3 is 1. The Morgan fingerprint density at radius 3 is 2.88 bits per heavy atom. The Morgan fingerprint density at radius 2 is 2.03 bits per heavy atom. The van der Waals surface area contributed by atoms with Gasteiger partial charge >= 0.3 is 0 Å². The second kappa shape index (κ2) is 8.78. The number of benzene rings is 2. The monoisotopic (exact) mass is 482 g/mol. The normalized spacial score (nSPS) is 11.2. The molecule has 0 radical (unpaired) electrons. The van der Waals surface area contributed by atoms with Crippen LogP contribution in [0.15, 0.2) is 74.5 Å². The topological polar surface area (TPSA) is 83.0 Å². The number of halogens is 1. The van der Waals surface area contributed by atoms with E-state index in [1.165, 1.54) is 23.1 Å². The third-order valence-electron chi connectivity index (χ3n) is 4.64. The van der Waals surface area contributed by atoms with Gasteiger partial charge in [0.1, 0.15) is 10.4 Å². The van der Waals surface area contributed by atoms with E-state index in [2.05, 4.69) is 10.1 Å². The molecule has 160 valence electrons. The molecule has 5 aromatic rings. The fourth-order valence-corrected chi connectivity index (χ4v) is 4.95. The first-order valence-corrected chi connectivity index (χ1v) is 11.7. The summed E-state index contributed by atoms with van der Waals surface area (Å²) in [7, 11) is 1.59. The number of hydrogen-bond acceptors (Lipinski definition) is 8. The molecule has 0 saturated heterocycles. The molecule has 3 heterocycles. The minimum Gasteiger partial charge on any atom is -0.497 e. The first-order chi connectivity index (χ1) is 15.6. The van der Waals surface area contributed by atoms with Gasteiger partial charge in [0.25, 0.3) is 5.56 Å². The molecular weight excluding hydrogens is 468 g/mol. The van der Waals surface area contributed by atoms with Crippen molar-refractivity contribution in [3.05, 3.63) is 81.2 Å². The van der Waals surface area contributed by atoms with E-state index >= 15 is 0 Å². The molecule has 0 bridgehead atoms. The zero-order valence-electron chi connectivity index (χ0n) is 16.7. The average Bonchev–Trinajstić information content (AvgIpc) is 3.47. The number of aromatic nitrogens is 4. The minimum atomic E-state index is -0.133. The van der Waals surface area contributed by atoms with Gasteiger partial charge in [-0.3, -0.25) is 9.36 Å². The van der Waals surface area contributed by atoms with Crippen LogP contribution in [0.3, 0.4) is 0 Å². The molecule has 0 aliphatic rings. The van der Waals surface area contributed by atoms with Gasteiger partial charge in [0, 0.05) is 16.7 Å². The Hall–Kier alpha value is -3.14. The van der Waals surface area contributed by atoms with Crippen molar-refractivity contribution in [1.29, 1.82) is 0 Å². The van der Waals surface area contributed by atoms with Crippen LogP contribution in [0.2, 0.25) is 5.02 Å². The van der Waals surface area contributed by atoms with Gasteiger partial charge in [0.05, 0.1) is 24.1 Å². The van der Waals surface area contributed by atoms with Gasteiger partial charge < -0.3 is 9.26 Å². The molecular formula is C22H15ClN4O3S2. The maximum atomic E-state index is 13.3. The van der Waals surface area contributed by atoms with Crippen LogP contribution in [0.5, 0.6) is 5.75 Å². The average molecular weight is 483 g/mol. The van der Waals surface area contributed by atoms with Crippen molar-refractivity contribution in [3.8, 4) is 22.8 Å². The zero-order chi connectivity index (χ0) is 22.1. The summed E-state index contributed by atoms with van der Waals surface area (Å²) in [4.78, 5) is 22.4. The summed E-state index contributed by atoms with van der Waals surface area (Å²) in [6.45, 7) is 0. The van der Waals surface area contributed by atoms with Crippen LogP contribution in [0.1, 0.15) is 5.89 Å². The van der Waals surface area contributed by atoms with Crippen LogP contribution < -0.4 is 10.3 Å². The van der Waals surface area contributed by atoms with E-state index in [1.807, 2.05) is 41.8 Å². The Balaban J connectivity index is 1.50. The zero-order valence-corrected chi connectivity index (χ0v) is 19.1. The lowest BCUT2D eigenvalue weighted by Gasteiger charge is -2.12. The van der Waals surface area contributed by atoms with Gasteiger partial charge in [-0.1, -0.05) is 46.7 Å². The van der Waals surface area contributed by atoms with Crippen molar-refractivity contribution in [2.24, 2.45) is 0 Å². The molecule has 0 saturated carbocycles. The lowest BCUT2D eigenvalue weighted by atomic mass is 10.2. The quantitative estimate of drug-likeness (QED) is 0.235. The predicted octanol–water partition coefficient (Wildman–Crippen LogP) is 5.45. The van der Waals surface area contributed by atoms with Crippen LogP contribution in [-0.2, 0) is 5.75 Å². The van der Waals surface area contributed by atoms with Crippen molar-refractivity contribution in [1.82, 2.24) is 19.7 Å². The number of rotatable bonds is 6. The SMILES string of the molecule is COc1cccc(-n2c(SCc3nc(-c4cccc(Cl)c4)no3)nc3ccsc3c2=O)c1. The fraction of sp³-hybridized carbons (Fsp3) is 0.0909. The van der Waals surface area contributed by atoms with Crippen LogP contribution in [0.4, 0.5) is 0 Å². The van der Waals surface area contributed by atoms with Crippen LogP contribution >= 0.6 is 34.7 Å². The molecule has 3 aromatic heterocycles. The molecule has 0 aliphatic heterocycles. The van der Waals surface area contributed by atoms with Gasteiger partial charge in [-0.05, 0) is 35.7 Å². The molecule has 0 N–H and O–H groups in total. The molecule has 7 nitrogen and oxygen atoms in total. The van der Waals surface area contributed by atoms with Gasteiger partial charge in [-0.15, -0.1) is 11.3 Å². The van der Waals surface area contributed by atoms with E-state index in [4.69, 9.17) is 25.8 Å². The van der Waals surface area contributed by atoms with E-state index in [0.717, 1.165) is 5.56 Å². The summed E-state index contributed by atoms with van der Waals surface area (Å²) in [5.74, 6) is 1.87. The molecule has 0 amide bonds. The fourth-order valence-electron chi connectivity index (χ4n) is 3.15. The van der Waals surface area contributed by atoms with E-state index in [9.17, 15) is 4.79 Å². The van der Waals surface area contributed by atoms with E-state index in [1.54, 1.807) is 29.9 Å². The lowest BCUT2D eigenvalue weighted by Crippen LogP contribution is -2.20. The van der Waals surface area contributed by atoms with Crippen molar-refractivity contribution in [2.75, 3.05) is 7.11 Å². The van der Waals surface area contributed by atoms with Crippen LogP contribution in [0.25, 0.3) is 27.3 Å². The van der Waals surface area contributed by atoms with Gasteiger partial charge in [-0.25, -0.2) is 4.98 Å². The molecule has 5 rings (SSSR count). The number of nitrogens with zero attached hydrogens (tertiary/aromatic N) is 4. The number of hydrogen-bond donors (Lipinski definition) is 0. The lowest BCUT2D eigenvalue weighted by molar-refractivity contribution is 0.391. The van der Waals surface area contributed by atoms with E-state index in [0.29, 0.717) is 49.3 Å². The number of thiophene rings is 1. The molecule has 10 heteroatoms. The predicted molar refractivity (Wildman–Crippen MR) is 126 cm³/mol. The van der Waals surface area contributed by atoms with Gasteiger partial charge in [0.2, 0.25) is 11.7 Å². The maximum Gasteiger partial charge on any atom is 0.276 e. The molecule has 0 unspecified atom stereocenters. The smallest absolute Gasteiger partial charge is 0.276 e. The van der Waals surface area contributed by atoms with Crippen molar-refractivity contribution in [3.63, 3.8) is 0 Å². The summed E-state index contributed by atoms with van der Waals surface area (Å²) in [6.07, 6.45) is 0. The molecule has 0 atom stereocenters. The van der Waals surface area contributed by atoms with Crippen molar-refractivity contribution in [2.45, 2.75) is 10.9 Å². The Kier molecular flexibility index (Phi) is 5.69. The van der Waals surface area contributed by atoms with Gasteiger partial charge in [-0.2, -0.15) is 4.98 Å². The largest absolute Gasteiger partial charge is 0.497 e. The number of ether oxygens (including phenoxy) is 1. The molecule has 32 heavy (non-hydrogen) atoms. The molecule has 2 aromatic carbocycles. The number of thioether (sulfide) groups is 1. The van der Waals surface area contributed by atoms with E-state index < -0.39 is 0 Å². The summed E-state index contributed by atoms with van der Waals surface area (Å²) in [5.41, 5.74) is 1.96. The van der Waals surface area contributed by atoms with E-state index in [-0.39, 0.29) is 5.56 Å². The third kappa shape index (κ3) is 4.02. The molecule has 0 aliphatic carbocycles. The highest BCUT2D eigenvalue weighted by atomic mass is 35.5. The van der Waals surface area contributed by atoms with Crippen molar-refractivity contribution < 1.29 is 9.26 Å². The summed E-state index contributed by atoms with van der Waals surface area (Å²) >= 11 is 8.77. The Labute approximate surface area is 195 Å². The molecule has 0 spiro atoms. The second-order valence-electron chi connectivity index (χ2n) is 6.68. The van der Waals surface area contributed by atoms with Crippen LogP contribution in [0, 0.1) is 0 Å². The maximum absolute atomic E-state index is 13.3. The first-order valence-electron chi connectivity index (χ1n) is 9.48. The third-order valence-corrected chi connectivity index (χ3v) is 6.69. The Bertz CT molecular complexity index is 1480. The second-order valence-corrected chi connectivity index (χ2v) is 8.98. The highest BCUT2D eigenvalue weighted by molar-refractivity contribution is 7.98. The Morgan fingerprint density at radius 1 is 1.16 bits per heavy atom. The first kappa shape index (κ1) is 20.7. The highest BCUT2D eigenvalue weighted by Crippen LogP contribution is 2.28. The minimum absolute atomic E-state index is 0.133.